The van der Waals surface area contributed by atoms with E-state index in [-0.39, 0.29) is 12.2 Å². The minimum Gasteiger partial charge on any atom is -0.476 e. The molecule has 1 aliphatic carbocycles. The van der Waals surface area contributed by atoms with E-state index in [1.54, 1.807) is 0 Å². The van der Waals surface area contributed by atoms with Gasteiger partial charge in [0.15, 0.2) is 11.5 Å². The Balaban J connectivity index is 1.83. The van der Waals surface area contributed by atoms with Crippen LogP contribution >= 0.6 is 0 Å². The van der Waals surface area contributed by atoms with Crippen LogP contribution < -0.4 is 0 Å². The molecule has 0 radical (unpaired) electrons. The van der Waals surface area contributed by atoms with Gasteiger partial charge in [0, 0.05) is 5.92 Å². The largest absolute Gasteiger partial charge is 0.476 e. The van der Waals surface area contributed by atoms with Crippen LogP contribution in [-0.4, -0.2) is 36.2 Å². The Bertz CT molecular complexity index is 614. The summed E-state index contributed by atoms with van der Waals surface area (Å²) in [6.45, 7) is 2.13. The first-order valence-corrected chi connectivity index (χ1v) is 6.17. The minimum atomic E-state index is -1.07. The molecule has 0 atom stereocenters. The molecule has 2 heterocycles. The lowest BCUT2D eigenvalue weighted by molar-refractivity contribution is 0.0689. The van der Waals surface area contributed by atoms with Gasteiger partial charge in [-0.1, -0.05) is 17.3 Å². The third-order valence-corrected chi connectivity index (χ3v) is 3.08. The Morgan fingerprint density at radius 3 is 2.95 bits per heavy atom. The standard InChI is InChI=1S/C11H13N5O3/c1-2-7-9(11(17)18)13-15-16(7)5-8-12-10(19-14-8)6-3-4-6/h6H,2-5H2,1H3,(H,17,18). The van der Waals surface area contributed by atoms with Crippen molar-refractivity contribution in [2.45, 2.75) is 38.6 Å². The van der Waals surface area contributed by atoms with Gasteiger partial charge < -0.3 is 9.63 Å². The molecule has 0 aromatic carbocycles. The van der Waals surface area contributed by atoms with E-state index < -0.39 is 5.97 Å². The van der Waals surface area contributed by atoms with Crippen LogP contribution in [0.3, 0.4) is 0 Å². The van der Waals surface area contributed by atoms with Crippen molar-refractivity contribution in [3.05, 3.63) is 23.1 Å². The molecular formula is C11H13N5O3. The summed E-state index contributed by atoms with van der Waals surface area (Å²) >= 11 is 0. The number of rotatable bonds is 5. The number of hydrogen-bond donors (Lipinski definition) is 1. The van der Waals surface area contributed by atoms with Gasteiger partial charge in [0.1, 0.15) is 6.54 Å². The second-order valence-corrected chi connectivity index (χ2v) is 4.52. The van der Waals surface area contributed by atoms with Gasteiger partial charge in [0.25, 0.3) is 0 Å². The molecule has 0 bridgehead atoms. The molecule has 2 aromatic heterocycles. The van der Waals surface area contributed by atoms with Gasteiger partial charge in [-0.3, -0.25) is 0 Å². The summed E-state index contributed by atoms with van der Waals surface area (Å²) in [5.74, 6) is 0.483. The molecule has 0 saturated heterocycles. The van der Waals surface area contributed by atoms with Crippen molar-refractivity contribution in [1.29, 1.82) is 0 Å². The summed E-state index contributed by atoms with van der Waals surface area (Å²) in [6.07, 6.45) is 2.71. The lowest BCUT2D eigenvalue weighted by Crippen LogP contribution is -2.09. The number of aromatic nitrogens is 5. The fourth-order valence-electron chi connectivity index (χ4n) is 1.94. The van der Waals surface area contributed by atoms with E-state index in [9.17, 15) is 4.79 Å². The molecule has 19 heavy (non-hydrogen) atoms. The predicted molar refractivity (Wildman–Crippen MR) is 61.7 cm³/mol. The highest BCUT2D eigenvalue weighted by molar-refractivity contribution is 5.86. The summed E-state index contributed by atoms with van der Waals surface area (Å²) in [6, 6.07) is 0. The van der Waals surface area contributed by atoms with Gasteiger partial charge in [-0.15, -0.1) is 5.10 Å². The van der Waals surface area contributed by atoms with Crippen molar-refractivity contribution in [1.82, 2.24) is 25.1 Å². The van der Waals surface area contributed by atoms with E-state index in [0.717, 1.165) is 12.8 Å². The Kier molecular flexibility index (Phi) is 2.77. The number of aromatic carboxylic acids is 1. The maximum Gasteiger partial charge on any atom is 0.358 e. The zero-order valence-electron chi connectivity index (χ0n) is 10.4. The van der Waals surface area contributed by atoms with Gasteiger partial charge in [-0.2, -0.15) is 4.98 Å². The van der Waals surface area contributed by atoms with Crippen LogP contribution in [0.5, 0.6) is 0 Å². The number of carboxylic acids is 1. The molecular weight excluding hydrogens is 250 g/mol. The average molecular weight is 263 g/mol. The Morgan fingerprint density at radius 2 is 2.32 bits per heavy atom. The molecule has 8 nitrogen and oxygen atoms in total. The summed E-state index contributed by atoms with van der Waals surface area (Å²) in [5.41, 5.74) is 0.540. The maximum atomic E-state index is 11.0. The zero-order chi connectivity index (χ0) is 13.4. The number of carbonyl (C=O) groups is 1. The molecule has 0 spiro atoms. The first-order chi connectivity index (χ1) is 9.19. The fourth-order valence-corrected chi connectivity index (χ4v) is 1.94. The molecule has 0 aliphatic heterocycles. The van der Waals surface area contributed by atoms with Crippen molar-refractivity contribution in [3.8, 4) is 0 Å². The first kappa shape index (κ1) is 11.8. The van der Waals surface area contributed by atoms with Gasteiger partial charge in [-0.05, 0) is 19.3 Å². The van der Waals surface area contributed by atoms with Crippen molar-refractivity contribution >= 4 is 5.97 Å². The highest BCUT2D eigenvalue weighted by atomic mass is 16.5. The van der Waals surface area contributed by atoms with Gasteiger partial charge in [-0.25, -0.2) is 9.48 Å². The van der Waals surface area contributed by atoms with E-state index in [2.05, 4.69) is 20.5 Å². The summed E-state index contributed by atoms with van der Waals surface area (Å²) < 4.78 is 6.65. The maximum absolute atomic E-state index is 11.0. The predicted octanol–water partition coefficient (Wildman–Crippen LogP) is 0.847. The molecule has 0 unspecified atom stereocenters. The molecule has 100 valence electrons. The topological polar surface area (TPSA) is 107 Å². The molecule has 0 amide bonds. The number of carboxylic acid groups (broad SMARTS) is 1. The quantitative estimate of drug-likeness (QED) is 0.851. The normalized spacial score (nSPS) is 14.8. The molecule has 1 aliphatic rings. The second-order valence-electron chi connectivity index (χ2n) is 4.52. The van der Waals surface area contributed by atoms with Crippen LogP contribution in [0.25, 0.3) is 0 Å². The molecule has 1 saturated carbocycles. The summed E-state index contributed by atoms with van der Waals surface area (Å²) in [7, 11) is 0. The summed E-state index contributed by atoms with van der Waals surface area (Å²) in [5, 5.41) is 20.4. The minimum absolute atomic E-state index is 0.0200. The summed E-state index contributed by atoms with van der Waals surface area (Å²) in [4.78, 5) is 15.3. The van der Waals surface area contributed by atoms with Crippen molar-refractivity contribution < 1.29 is 14.4 Å². The highest BCUT2D eigenvalue weighted by Crippen LogP contribution is 2.38. The van der Waals surface area contributed by atoms with Crippen LogP contribution in [0, 0.1) is 0 Å². The molecule has 1 N–H and O–H groups in total. The van der Waals surface area contributed by atoms with E-state index in [4.69, 9.17) is 9.63 Å². The Morgan fingerprint density at radius 1 is 1.53 bits per heavy atom. The van der Waals surface area contributed by atoms with Crippen LogP contribution in [0.4, 0.5) is 0 Å². The van der Waals surface area contributed by atoms with E-state index in [1.807, 2.05) is 6.92 Å². The second kappa shape index (κ2) is 4.45. The molecule has 8 heteroatoms. The first-order valence-electron chi connectivity index (χ1n) is 6.17. The Labute approximate surface area is 108 Å². The third kappa shape index (κ3) is 2.20. The van der Waals surface area contributed by atoms with Crippen molar-refractivity contribution in [2.24, 2.45) is 0 Å². The van der Waals surface area contributed by atoms with Crippen LogP contribution in [0.1, 0.15) is 53.6 Å². The van der Waals surface area contributed by atoms with E-state index >= 15 is 0 Å². The highest BCUT2D eigenvalue weighted by Gasteiger charge is 2.29. The lowest BCUT2D eigenvalue weighted by atomic mass is 10.2. The van der Waals surface area contributed by atoms with Crippen molar-refractivity contribution in [3.63, 3.8) is 0 Å². The smallest absolute Gasteiger partial charge is 0.358 e. The van der Waals surface area contributed by atoms with Gasteiger partial charge in [0.05, 0.1) is 5.69 Å². The van der Waals surface area contributed by atoms with E-state index in [0.29, 0.717) is 29.7 Å². The van der Waals surface area contributed by atoms with E-state index in [1.165, 1.54) is 4.68 Å². The van der Waals surface area contributed by atoms with Gasteiger partial charge in [0.2, 0.25) is 5.89 Å². The fraction of sp³-hybridized carbons (Fsp3) is 0.545. The lowest BCUT2D eigenvalue weighted by Gasteiger charge is -2.00. The molecule has 1 fully saturated rings. The van der Waals surface area contributed by atoms with Crippen molar-refractivity contribution in [2.75, 3.05) is 0 Å². The Hall–Kier alpha value is -2.25. The monoisotopic (exact) mass is 263 g/mol. The van der Waals surface area contributed by atoms with Crippen LogP contribution in [0.2, 0.25) is 0 Å². The third-order valence-electron chi connectivity index (χ3n) is 3.08. The SMILES string of the molecule is CCc1c(C(=O)O)nnn1Cc1noc(C2CC2)n1. The number of hydrogen-bond acceptors (Lipinski definition) is 6. The van der Waals surface area contributed by atoms with Crippen LogP contribution in [0.15, 0.2) is 4.52 Å². The average Bonchev–Trinajstić information content (AvgIpc) is 2.99. The molecule has 3 rings (SSSR count). The molecule has 2 aromatic rings. The number of nitrogens with zero attached hydrogens (tertiary/aromatic N) is 5. The van der Waals surface area contributed by atoms with Gasteiger partial charge >= 0.3 is 5.97 Å². The van der Waals surface area contributed by atoms with Crippen LogP contribution in [-0.2, 0) is 13.0 Å². The zero-order valence-corrected chi connectivity index (χ0v) is 10.4.